The number of hydrogen-bond donors (Lipinski definition) is 0. The molecule has 2 atom stereocenters. The van der Waals surface area contributed by atoms with Gasteiger partial charge in [-0.1, -0.05) is 19.1 Å². The minimum absolute atomic E-state index is 0.0730. The van der Waals surface area contributed by atoms with Gasteiger partial charge in [-0.3, -0.25) is 0 Å². The summed E-state index contributed by atoms with van der Waals surface area (Å²) in [6.07, 6.45) is 4.11. The van der Waals surface area contributed by atoms with E-state index < -0.39 is 0 Å². The average Bonchev–Trinajstić information content (AvgIpc) is 3.38. The molecule has 0 spiro atoms. The van der Waals surface area contributed by atoms with E-state index in [0.717, 1.165) is 24.2 Å². The van der Waals surface area contributed by atoms with Crippen molar-refractivity contribution in [3.8, 4) is 5.75 Å². The first kappa shape index (κ1) is 17.5. The van der Waals surface area contributed by atoms with Crippen LogP contribution in [0.3, 0.4) is 0 Å². The number of ether oxygens (including phenoxy) is 4. The average molecular weight is 320 g/mol. The zero-order chi connectivity index (χ0) is 16.7. The quantitative estimate of drug-likeness (QED) is 0.397. The Labute approximate surface area is 137 Å². The topological polar surface area (TPSA) is 57.3 Å². The van der Waals surface area contributed by atoms with Crippen LogP contribution in [0.4, 0.5) is 0 Å². The Morgan fingerprint density at radius 2 is 2.22 bits per heavy atom. The third-order valence-corrected chi connectivity index (χ3v) is 3.60. The fraction of sp³-hybridized carbons (Fsp3) is 0.500. The molecule has 126 valence electrons. The molecule has 0 unspecified atom stereocenters. The highest BCUT2D eigenvalue weighted by molar-refractivity contribution is 5.88. The number of benzene rings is 1. The van der Waals surface area contributed by atoms with Crippen molar-refractivity contribution in [2.45, 2.75) is 32.5 Å². The molecule has 1 aromatic carbocycles. The second-order valence-corrected chi connectivity index (χ2v) is 5.23. The highest BCUT2D eigenvalue weighted by Crippen LogP contribution is 2.32. The van der Waals surface area contributed by atoms with E-state index >= 15 is 0 Å². The molecular formula is C18H24O5. The number of hydrogen-bond acceptors (Lipinski definition) is 5. The molecule has 1 aliphatic rings. The van der Waals surface area contributed by atoms with Crippen LogP contribution in [0.1, 0.15) is 37.5 Å². The standard InChI is InChI=1S/C18H24O5/c1-4-16(23-12-13-11-22-13)14-7-6-8-17(20-3)15(14)9-10-18(19)21-5-2/h6-10,13,16H,4-5,11-12H2,1-3H3/b10-9+/t13-,16-/m1/s1. The van der Waals surface area contributed by atoms with Gasteiger partial charge in [0, 0.05) is 11.6 Å². The van der Waals surface area contributed by atoms with E-state index in [4.69, 9.17) is 18.9 Å². The first-order valence-corrected chi connectivity index (χ1v) is 7.94. The SMILES string of the molecule is CCOC(=O)/C=C/c1c(OC)cccc1[C@@H](CC)OC[C@H]1CO1. The van der Waals surface area contributed by atoms with E-state index in [2.05, 4.69) is 6.92 Å². The normalized spacial score (nSPS) is 18.0. The summed E-state index contributed by atoms with van der Waals surface area (Å²) in [7, 11) is 1.61. The molecule has 0 aromatic heterocycles. The molecule has 1 saturated heterocycles. The van der Waals surface area contributed by atoms with E-state index in [1.54, 1.807) is 20.1 Å². The Hall–Kier alpha value is -1.85. The summed E-state index contributed by atoms with van der Waals surface area (Å²) >= 11 is 0. The van der Waals surface area contributed by atoms with Crippen LogP contribution in [0.25, 0.3) is 6.08 Å². The number of methoxy groups -OCH3 is 1. The molecule has 1 fully saturated rings. The lowest BCUT2D eigenvalue weighted by Gasteiger charge is -2.20. The van der Waals surface area contributed by atoms with Crippen LogP contribution in [0.5, 0.6) is 5.75 Å². The summed E-state index contributed by atoms with van der Waals surface area (Å²) in [6, 6.07) is 5.79. The van der Waals surface area contributed by atoms with Crippen LogP contribution >= 0.6 is 0 Å². The summed E-state index contributed by atoms with van der Waals surface area (Å²) in [5, 5.41) is 0. The van der Waals surface area contributed by atoms with Crippen LogP contribution in [0.2, 0.25) is 0 Å². The van der Waals surface area contributed by atoms with Crippen molar-refractivity contribution in [1.82, 2.24) is 0 Å². The van der Waals surface area contributed by atoms with Gasteiger partial charge in [0.25, 0.3) is 0 Å². The van der Waals surface area contributed by atoms with Crippen molar-refractivity contribution in [1.29, 1.82) is 0 Å². The van der Waals surface area contributed by atoms with Crippen molar-refractivity contribution in [2.75, 3.05) is 26.9 Å². The van der Waals surface area contributed by atoms with Gasteiger partial charge in [0.1, 0.15) is 11.9 Å². The highest BCUT2D eigenvalue weighted by atomic mass is 16.6. The fourth-order valence-corrected chi connectivity index (χ4v) is 2.36. The van der Waals surface area contributed by atoms with Gasteiger partial charge in [0.15, 0.2) is 0 Å². The zero-order valence-corrected chi connectivity index (χ0v) is 13.9. The molecule has 0 aliphatic carbocycles. The molecule has 2 rings (SSSR count). The fourth-order valence-electron chi connectivity index (χ4n) is 2.36. The number of carbonyl (C=O) groups excluding carboxylic acids is 1. The molecule has 1 aromatic rings. The van der Waals surface area contributed by atoms with Crippen LogP contribution < -0.4 is 4.74 Å². The molecule has 0 amide bonds. The first-order valence-electron chi connectivity index (χ1n) is 7.94. The maximum Gasteiger partial charge on any atom is 0.330 e. The Bertz CT molecular complexity index is 548. The molecule has 1 aliphatic heterocycles. The van der Waals surface area contributed by atoms with Crippen molar-refractivity contribution in [3.05, 3.63) is 35.4 Å². The molecule has 0 N–H and O–H groups in total. The maximum absolute atomic E-state index is 11.6. The van der Waals surface area contributed by atoms with Gasteiger partial charge in [0.05, 0.1) is 33.0 Å². The minimum Gasteiger partial charge on any atom is -0.496 e. The number of carbonyl (C=O) groups is 1. The Morgan fingerprint density at radius 1 is 1.43 bits per heavy atom. The van der Waals surface area contributed by atoms with Gasteiger partial charge < -0.3 is 18.9 Å². The summed E-state index contributed by atoms with van der Waals surface area (Å²) in [6.45, 7) is 5.54. The lowest BCUT2D eigenvalue weighted by molar-refractivity contribution is -0.137. The van der Waals surface area contributed by atoms with Crippen molar-refractivity contribution < 1.29 is 23.7 Å². The summed E-state index contributed by atoms with van der Waals surface area (Å²) in [4.78, 5) is 11.6. The maximum atomic E-state index is 11.6. The smallest absolute Gasteiger partial charge is 0.330 e. The van der Waals surface area contributed by atoms with Crippen LogP contribution in [0.15, 0.2) is 24.3 Å². The van der Waals surface area contributed by atoms with Gasteiger partial charge in [-0.15, -0.1) is 0 Å². The minimum atomic E-state index is -0.371. The third-order valence-electron chi connectivity index (χ3n) is 3.60. The van der Waals surface area contributed by atoms with Gasteiger partial charge in [-0.2, -0.15) is 0 Å². The van der Waals surface area contributed by atoms with E-state index in [9.17, 15) is 4.79 Å². The van der Waals surface area contributed by atoms with Crippen LogP contribution in [-0.2, 0) is 19.0 Å². The Kier molecular flexibility index (Phi) is 6.62. The number of epoxide rings is 1. The van der Waals surface area contributed by atoms with E-state index in [0.29, 0.717) is 19.0 Å². The van der Waals surface area contributed by atoms with Crippen LogP contribution in [-0.4, -0.2) is 39.0 Å². The molecule has 0 radical (unpaired) electrons. The summed E-state index contributed by atoms with van der Waals surface area (Å²) < 4.78 is 21.5. The second-order valence-electron chi connectivity index (χ2n) is 5.23. The van der Waals surface area contributed by atoms with Crippen LogP contribution in [0, 0.1) is 0 Å². The molecule has 0 saturated carbocycles. The van der Waals surface area contributed by atoms with E-state index in [1.165, 1.54) is 6.08 Å². The number of rotatable bonds is 9. The molecule has 0 bridgehead atoms. The lowest BCUT2D eigenvalue weighted by Crippen LogP contribution is -2.10. The van der Waals surface area contributed by atoms with Crippen molar-refractivity contribution >= 4 is 12.0 Å². The molecular weight excluding hydrogens is 296 g/mol. The van der Waals surface area contributed by atoms with E-state index in [1.807, 2.05) is 18.2 Å². The van der Waals surface area contributed by atoms with Crippen molar-refractivity contribution in [2.24, 2.45) is 0 Å². The Morgan fingerprint density at radius 3 is 2.83 bits per heavy atom. The van der Waals surface area contributed by atoms with Gasteiger partial charge in [-0.25, -0.2) is 4.79 Å². The third kappa shape index (κ3) is 5.08. The first-order chi connectivity index (χ1) is 11.2. The molecule has 1 heterocycles. The summed E-state index contributed by atoms with van der Waals surface area (Å²) in [5.74, 6) is 0.331. The number of esters is 1. The lowest BCUT2D eigenvalue weighted by atomic mass is 9.99. The largest absolute Gasteiger partial charge is 0.496 e. The van der Waals surface area contributed by atoms with Gasteiger partial charge >= 0.3 is 5.97 Å². The zero-order valence-electron chi connectivity index (χ0n) is 13.9. The molecule has 5 heteroatoms. The predicted molar refractivity (Wildman–Crippen MR) is 87.4 cm³/mol. The predicted octanol–water partition coefficient (Wildman–Crippen LogP) is 3.14. The van der Waals surface area contributed by atoms with Gasteiger partial charge in [0.2, 0.25) is 0 Å². The highest BCUT2D eigenvalue weighted by Gasteiger charge is 2.25. The second kappa shape index (κ2) is 8.70. The molecule has 5 nitrogen and oxygen atoms in total. The summed E-state index contributed by atoms with van der Waals surface area (Å²) in [5.41, 5.74) is 1.83. The monoisotopic (exact) mass is 320 g/mol. The Balaban J connectivity index is 2.23. The van der Waals surface area contributed by atoms with E-state index in [-0.39, 0.29) is 18.2 Å². The van der Waals surface area contributed by atoms with Crippen molar-refractivity contribution in [3.63, 3.8) is 0 Å². The molecule has 23 heavy (non-hydrogen) atoms. The van der Waals surface area contributed by atoms with Gasteiger partial charge in [-0.05, 0) is 31.1 Å².